The monoisotopic (exact) mass is 708 g/mol. The van der Waals surface area contributed by atoms with Gasteiger partial charge in [-0.05, 0) is 168 Å². The molecule has 0 saturated heterocycles. The Kier molecular flexibility index (Phi) is 6.80. The number of halogens is 1. The van der Waals surface area contributed by atoms with Crippen LogP contribution in [0.5, 0.6) is 0 Å². The van der Waals surface area contributed by atoms with Crippen LogP contribution in [0.15, 0.2) is 164 Å². The van der Waals surface area contributed by atoms with Gasteiger partial charge in [-0.3, -0.25) is 0 Å². The number of hydrogen-bond donors (Lipinski definition) is 0. The molecular weight excluding hydrogens is 668 g/mol. The molecule has 13 rings (SSSR count). The van der Waals surface area contributed by atoms with E-state index in [9.17, 15) is 4.39 Å². The summed E-state index contributed by atoms with van der Waals surface area (Å²) in [6.07, 6.45) is 7.12. The highest BCUT2D eigenvalue weighted by Gasteiger charge is 2.61. The van der Waals surface area contributed by atoms with E-state index in [-0.39, 0.29) is 11.2 Å². The SMILES string of the molecule is Fc1ccc(-c2ccc(-c3c4ccccc4c(-c4cccc(-c5ccc6c(c5)-c5ccccc5C65C6CC7CC(C6)CC5C7)c4)c4ccccc34)cc2)cc1. The average Bonchev–Trinajstić information content (AvgIpc) is 3.52. The summed E-state index contributed by atoms with van der Waals surface area (Å²) >= 11 is 0. The van der Waals surface area contributed by atoms with E-state index in [1.165, 1.54) is 110 Å². The quantitative estimate of drug-likeness (QED) is 0.160. The molecule has 5 aliphatic rings. The van der Waals surface area contributed by atoms with Crippen LogP contribution >= 0.6 is 0 Å². The molecule has 1 heteroatoms. The lowest BCUT2D eigenvalue weighted by Crippen LogP contribution is -2.55. The van der Waals surface area contributed by atoms with Crippen molar-refractivity contribution < 1.29 is 4.39 Å². The molecule has 4 bridgehead atoms. The fourth-order valence-corrected chi connectivity index (χ4v) is 12.4. The highest BCUT2D eigenvalue weighted by molar-refractivity contribution is 6.21. The fourth-order valence-electron chi connectivity index (χ4n) is 12.4. The zero-order chi connectivity index (χ0) is 36.3. The second kappa shape index (κ2) is 11.9. The smallest absolute Gasteiger partial charge is 0.123 e. The van der Waals surface area contributed by atoms with Crippen molar-refractivity contribution in [2.24, 2.45) is 23.7 Å². The van der Waals surface area contributed by atoms with Crippen molar-refractivity contribution in [1.29, 1.82) is 0 Å². The summed E-state index contributed by atoms with van der Waals surface area (Å²) in [6.45, 7) is 0. The van der Waals surface area contributed by atoms with E-state index < -0.39 is 0 Å². The molecule has 0 aliphatic heterocycles. The minimum Gasteiger partial charge on any atom is -0.207 e. The molecule has 8 aromatic rings. The second-order valence-electron chi connectivity index (χ2n) is 17.0. The second-order valence-corrected chi connectivity index (χ2v) is 17.0. The molecule has 4 saturated carbocycles. The van der Waals surface area contributed by atoms with Gasteiger partial charge in [-0.15, -0.1) is 0 Å². The first-order valence-electron chi connectivity index (χ1n) is 20.3. The zero-order valence-electron chi connectivity index (χ0n) is 30.8. The third-order valence-electron chi connectivity index (χ3n) is 14.3. The van der Waals surface area contributed by atoms with Crippen molar-refractivity contribution >= 4 is 21.5 Å². The molecule has 0 radical (unpaired) electrons. The summed E-state index contributed by atoms with van der Waals surface area (Å²) in [6, 6.07) is 59.5. The summed E-state index contributed by atoms with van der Waals surface area (Å²) in [5, 5.41) is 4.99. The van der Waals surface area contributed by atoms with Crippen LogP contribution in [0.2, 0.25) is 0 Å². The summed E-state index contributed by atoms with van der Waals surface area (Å²) < 4.78 is 13.7. The Bertz CT molecular complexity index is 2740. The molecule has 264 valence electrons. The third-order valence-corrected chi connectivity index (χ3v) is 14.3. The lowest BCUT2D eigenvalue weighted by molar-refractivity contribution is -0.0399. The van der Waals surface area contributed by atoms with Gasteiger partial charge in [0.1, 0.15) is 5.82 Å². The Labute approximate surface area is 322 Å². The van der Waals surface area contributed by atoms with Crippen LogP contribution in [0.25, 0.3) is 77.2 Å². The summed E-state index contributed by atoms with van der Waals surface area (Å²) in [5.41, 5.74) is 15.9. The van der Waals surface area contributed by atoms with Gasteiger partial charge in [0.2, 0.25) is 0 Å². The number of hydrogen-bond acceptors (Lipinski definition) is 0. The molecule has 0 amide bonds. The van der Waals surface area contributed by atoms with Gasteiger partial charge in [0, 0.05) is 5.41 Å². The van der Waals surface area contributed by atoms with Crippen LogP contribution < -0.4 is 0 Å². The predicted molar refractivity (Wildman–Crippen MR) is 226 cm³/mol. The maximum Gasteiger partial charge on any atom is 0.123 e. The average molecular weight is 709 g/mol. The van der Waals surface area contributed by atoms with Crippen molar-refractivity contribution in [2.75, 3.05) is 0 Å². The molecule has 55 heavy (non-hydrogen) atoms. The summed E-state index contributed by atoms with van der Waals surface area (Å²) in [5.74, 6) is 3.23. The Morgan fingerprint density at radius 1 is 0.364 bits per heavy atom. The molecule has 0 N–H and O–H groups in total. The van der Waals surface area contributed by atoms with E-state index in [0.29, 0.717) is 0 Å². The molecule has 5 aliphatic carbocycles. The number of rotatable bonds is 4. The van der Waals surface area contributed by atoms with Gasteiger partial charge in [-0.1, -0.05) is 140 Å². The van der Waals surface area contributed by atoms with Gasteiger partial charge in [0.05, 0.1) is 0 Å². The first-order chi connectivity index (χ1) is 27.1. The molecule has 8 aromatic carbocycles. The molecule has 0 atom stereocenters. The Morgan fingerprint density at radius 2 is 0.836 bits per heavy atom. The van der Waals surface area contributed by atoms with Crippen LogP contribution in [0, 0.1) is 29.5 Å². The number of benzene rings is 8. The van der Waals surface area contributed by atoms with Crippen molar-refractivity contribution in [3.63, 3.8) is 0 Å². The van der Waals surface area contributed by atoms with Crippen LogP contribution in [-0.4, -0.2) is 0 Å². The minimum absolute atomic E-state index is 0.195. The van der Waals surface area contributed by atoms with Gasteiger partial charge >= 0.3 is 0 Å². The Morgan fingerprint density at radius 3 is 1.47 bits per heavy atom. The Balaban J connectivity index is 0.988. The highest BCUT2D eigenvalue weighted by atomic mass is 19.1. The van der Waals surface area contributed by atoms with Crippen molar-refractivity contribution in [3.8, 4) is 55.6 Å². The maximum absolute atomic E-state index is 13.7. The van der Waals surface area contributed by atoms with E-state index in [1.54, 1.807) is 11.1 Å². The summed E-state index contributed by atoms with van der Waals surface area (Å²) in [4.78, 5) is 0. The first-order valence-corrected chi connectivity index (χ1v) is 20.3. The van der Waals surface area contributed by atoms with Gasteiger partial charge in [-0.25, -0.2) is 4.39 Å². The first kappa shape index (κ1) is 31.5. The maximum atomic E-state index is 13.7. The normalized spacial score (nSPS) is 23.1. The van der Waals surface area contributed by atoms with E-state index in [4.69, 9.17) is 0 Å². The van der Waals surface area contributed by atoms with Crippen molar-refractivity contribution in [3.05, 3.63) is 181 Å². The largest absolute Gasteiger partial charge is 0.207 e. The van der Waals surface area contributed by atoms with Crippen molar-refractivity contribution in [1.82, 2.24) is 0 Å². The van der Waals surface area contributed by atoms with Gasteiger partial charge < -0.3 is 0 Å². The standard InChI is InChI=1S/C54H41F/c55-43-23-20-36(21-24-43)35-16-18-37(19-17-35)52-45-11-1-3-13-47(45)53(48-14-4-2-12-46(48)52)40-9-7-8-38(31-40)39-22-25-51-49(32-39)44-10-5-6-15-50(44)54(51)41-27-33-26-34(29-41)30-42(54)28-33/h1-25,31-34,41-42H,26-30H2. The van der Waals surface area contributed by atoms with Gasteiger partial charge in [0.15, 0.2) is 0 Å². The topological polar surface area (TPSA) is 0 Å². The molecule has 4 fully saturated rings. The minimum atomic E-state index is -0.215. The molecule has 0 aromatic heterocycles. The third kappa shape index (κ3) is 4.56. The van der Waals surface area contributed by atoms with E-state index in [2.05, 4.69) is 140 Å². The van der Waals surface area contributed by atoms with Gasteiger partial charge in [-0.2, -0.15) is 0 Å². The van der Waals surface area contributed by atoms with Crippen LogP contribution in [0.4, 0.5) is 4.39 Å². The molecule has 1 spiro atoms. The molecule has 0 unspecified atom stereocenters. The molecule has 0 nitrogen and oxygen atoms in total. The molecular formula is C54H41F. The fraction of sp³-hybridized carbons (Fsp3) is 0.185. The van der Waals surface area contributed by atoms with Crippen LogP contribution in [-0.2, 0) is 5.41 Å². The Hall–Kier alpha value is -5.79. The van der Waals surface area contributed by atoms with Crippen LogP contribution in [0.1, 0.15) is 43.2 Å². The van der Waals surface area contributed by atoms with E-state index >= 15 is 0 Å². The zero-order valence-corrected chi connectivity index (χ0v) is 30.8. The molecule has 0 heterocycles. The van der Waals surface area contributed by atoms with Crippen LogP contribution in [0.3, 0.4) is 0 Å². The summed E-state index contributed by atoms with van der Waals surface area (Å²) in [7, 11) is 0. The van der Waals surface area contributed by atoms with Gasteiger partial charge in [0.25, 0.3) is 0 Å². The van der Waals surface area contributed by atoms with Crippen molar-refractivity contribution in [2.45, 2.75) is 37.5 Å². The lowest BCUT2D eigenvalue weighted by atomic mass is 9.43. The highest BCUT2D eigenvalue weighted by Crippen LogP contribution is 2.69. The van der Waals surface area contributed by atoms with E-state index in [0.717, 1.165) is 34.8 Å². The predicted octanol–water partition coefficient (Wildman–Crippen LogP) is 14.5. The number of fused-ring (bicyclic) bond motifs is 5. The van der Waals surface area contributed by atoms with E-state index in [1.807, 2.05) is 12.1 Å². The lowest BCUT2D eigenvalue weighted by Gasteiger charge is -2.61.